The lowest BCUT2D eigenvalue weighted by molar-refractivity contribution is 0.353. The summed E-state index contributed by atoms with van der Waals surface area (Å²) in [6.07, 6.45) is 10.0. The lowest BCUT2D eigenvalue weighted by Gasteiger charge is -2.36. The van der Waals surface area contributed by atoms with Crippen LogP contribution in [0.4, 0.5) is 0 Å². The van der Waals surface area contributed by atoms with Crippen molar-refractivity contribution in [2.24, 2.45) is 0 Å². The van der Waals surface area contributed by atoms with Crippen LogP contribution in [0.25, 0.3) is 87.1 Å². The Hall–Kier alpha value is -5.65. The molecule has 1 spiro atoms. The number of nitrogens with zero attached hydrogens (tertiary/aromatic N) is 3. The van der Waals surface area contributed by atoms with Crippen molar-refractivity contribution in [2.75, 3.05) is 0 Å². The van der Waals surface area contributed by atoms with E-state index in [2.05, 4.69) is 108 Å². The van der Waals surface area contributed by atoms with Gasteiger partial charge in [-0.3, -0.25) is 4.98 Å². The van der Waals surface area contributed by atoms with Gasteiger partial charge in [-0.2, -0.15) is 0 Å². The third-order valence-corrected chi connectivity index (χ3v) is 12.4. The fourth-order valence-electron chi connectivity index (χ4n) is 8.85. The largest absolute Gasteiger partial charge is 0.456 e. The maximum atomic E-state index is 6.63. The SMILES string of the molecule is c1ccc2c(c1)-c1ccc(-c3ccc4c(c3)oc3cc(-c5nc(-c6ccncc6)c6sc7ccccc7c6n5)ccc34)cc1C21CCCCC1. The van der Waals surface area contributed by atoms with Crippen molar-refractivity contribution in [2.45, 2.75) is 37.5 Å². The molecule has 238 valence electrons. The normalized spacial score (nSPS) is 15.0. The van der Waals surface area contributed by atoms with E-state index in [1.165, 1.54) is 70.2 Å². The topological polar surface area (TPSA) is 51.8 Å². The highest BCUT2D eigenvalue weighted by atomic mass is 32.1. The molecule has 9 aromatic rings. The molecule has 1 saturated carbocycles. The van der Waals surface area contributed by atoms with Gasteiger partial charge in [0.05, 0.1) is 15.9 Å². The lowest BCUT2D eigenvalue weighted by atomic mass is 9.67. The van der Waals surface area contributed by atoms with Gasteiger partial charge in [-0.1, -0.05) is 86.0 Å². The lowest BCUT2D eigenvalue weighted by Crippen LogP contribution is -2.28. The van der Waals surface area contributed by atoms with Gasteiger partial charge in [0.2, 0.25) is 0 Å². The molecule has 0 bridgehead atoms. The molecule has 50 heavy (non-hydrogen) atoms. The van der Waals surface area contributed by atoms with E-state index in [1.54, 1.807) is 11.3 Å². The molecule has 4 heterocycles. The van der Waals surface area contributed by atoms with E-state index in [1.807, 2.05) is 24.5 Å². The molecule has 0 atom stereocenters. The van der Waals surface area contributed by atoms with E-state index >= 15 is 0 Å². The van der Waals surface area contributed by atoms with Crippen molar-refractivity contribution in [1.82, 2.24) is 15.0 Å². The Labute approximate surface area is 293 Å². The molecule has 4 aromatic heterocycles. The van der Waals surface area contributed by atoms with Gasteiger partial charge in [0, 0.05) is 49.8 Å². The van der Waals surface area contributed by atoms with Crippen LogP contribution in [-0.2, 0) is 5.41 Å². The Balaban J connectivity index is 1.02. The zero-order valence-electron chi connectivity index (χ0n) is 27.3. The number of thiophene rings is 1. The van der Waals surface area contributed by atoms with Crippen LogP contribution >= 0.6 is 11.3 Å². The Bertz CT molecular complexity index is 2810. The molecule has 0 amide bonds. The minimum Gasteiger partial charge on any atom is -0.456 e. The summed E-state index contributed by atoms with van der Waals surface area (Å²) in [7, 11) is 0. The fraction of sp³-hybridized carbons (Fsp3) is 0.133. The molecule has 2 aliphatic rings. The Kier molecular flexibility index (Phi) is 6.02. The number of aromatic nitrogens is 3. The highest BCUT2D eigenvalue weighted by Crippen LogP contribution is 2.56. The monoisotopic (exact) mass is 661 g/mol. The first-order valence-electron chi connectivity index (χ1n) is 17.5. The molecule has 0 N–H and O–H groups in total. The van der Waals surface area contributed by atoms with Crippen LogP contribution in [0, 0.1) is 0 Å². The first kappa shape index (κ1) is 28.2. The molecular weight excluding hydrogens is 631 g/mol. The first-order valence-corrected chi connectivity index (χ1v) is 18.4. The van der Waals surface area contributed by atoms with Crippen molar-refractivity contribution >= 4 is 53.6 Å². The Morgan fingerprint density at radius 3 is 2.12 bits per heavy atom. The van der Waals surface area contributed by atoms with Gasteiger partial charge in [-0.15, -0.1) is 11.3 Å². The van der Waals surface area contributed by atoms with E-state index in [0.717, 1.165) is 54.4 Å². The molecule has 0 saturated heterocycles. The summed E-state index contributed by atoms with van der Waals surface area (Å²) in [5.74, 6) is 0.687. The van der Waals surface area contributed by atoms with Crippen LogP contribution in [0.15, 0.2) is 132 Å². The number of hydrogen-bond acceptors (Lipinski definition) is 5. The number of pyridine rings is 1. The zero-order chi connectivity index (χ0) is 32.8. The van der Waals surface area contributed by atoms with E-state index in [4.69, 9.17) is 14.4 Å². The van der Waals surface area contributed by atoms with Crippen molar-refractivity contribution in [3.05, 3.63) is 139 Å². The molecule has 4 nitrogen and oxygen atoms in total. The average molecular weight is 662 g/mol. The molecule has 5 heteroatoms. The summed E-state index contributed by atoms with van der Waals surface area (Å²) in [5.41, 5.74) is 14.0. The molecule has 0 radical (unpaired) electrons. The van der Waals surface area contributed by atoms with E-state index in [0.29, 0.717) is 5.82 Å². The highest BCUT2D eigenvalue weighted by molar-refractivity contribution is 7.26. The maximum absolute atomic E-state index is 6.63. The van der Waals surface area contributed by atoms with Gasteiger partial charge in [-0.25, -0.2) is 9.97 Å². The van der Waals surface area contributed by atoms with Crippen LogP contribution in [-0.4, -0.2) is 15.0 Å². The molecule has 5 aromatic carbocycles. The molecule has 1 fully saturated rings. The summed E-state index contributed by atoms with van der Waals surface area (Å²) < 4.78 is 8.92. The molecule has 2 aliphatic carbocycles. The van der Waals surface area contributed by atoms with Crippen molar-refractivity contribution in [3.63, 3.8) is 0 Å². The highest BCUT2D eigenvalue weighted by Gasteiger charge is 2.43. The summed E-state index contributed by atoms with van der Waals surface area (Å²) in [4.78, 5) is 14.6. The van der Waals surface area contributed by atoms with Gasteiger partial charge in [0.25, 0.3) is 0 Å². The smallest absolute Gasteiger partial charge is 0.160 e. The number of hydrogen-bond donors (Lipinski definition) is 0. The second kappa shape index (κ2) is 10.7. The maximum Gasteiger partial charge on any atom is 0.160 e. The molecular formula is C45H31N3OS. The van der Waals surface area contributed by atoms with Crippen molar-refractivity contribution in [3.8, 4) is 44.9 Å². The number of furan rings is 1. The zero-order valence-corrected chi connectivity index (χ0v) is 28.1. The summed E-state index contributed by atoms with van der Waals surface area (Å²) in [6.45, 7) is 0. The average Bonchev–Trinajstić information content (AvgIpc) is 3.83. The predicted molar refractivity (Wildman–Crippen MR) is 206 cm³/mol. The number of benzene rings is 5. The fourth-order valence-corrected chi connectivity index (χ4v) is 10.0. The van der Waals surface area contributed by atoms with Crippen molar-refractivity contribution in [1.29, 1.82) is 0 Å². The van der Waals surface area contributed by atoms with Crippen LogP contribution in [0.5, 0.6) is 0 Å². The van der Waals surface area contributed by atoms with E-state index in [9.17, 15) is 0 Å². The third kappa shape index (κ3) is 4.07. The van der Waals surface area contributed by atoms with Crippen LogP contribution in [0.1, 0.15) is 43.2 Å². The summed E-state index contributed by atoms with van der Waals surface area (Å²) in [5, 5.41) is 3.36. The Morgan fingerprint density at radius 2 is 1.26 bits per heavy atom. The minimum atomic E-state index is 0.137. The van der Waals surface area contributed by atoms with Gasteiger partial charge in [0.1, 0.15) is 11.2 Å². The Morgan fingerprint density at radius 1 is 0.560 bits per heavy atom. The van der Waals surface area contributed by atoms with Crippen LogP contribution in [0.3, 0.4) is 0 Å². The predicted octanol–water partition coefficient (Wildman–Crippen LogP) is 12.4. The van der Waals surface area contributed by atoms with Crippen LogP contribution < -0.4 is 0 Å². The molecule has 0 unspecified atom stereocenters. The standard InChI is InChI=1S/C45H31N3OS/c1-6-20-45(21-7-1)36-10-4-2-8-31(36)32-15-12-28(24-37(32)45)29-13-16-33-34-17-14-30(26-39(34)49-38(33)25-29)44-47-41(27-18-22-46-23-19-27)43-42(48-44)35-9-3-5-11-40(35)50-43/h2-5,8-19,22-26H,1,6-7,20-21H2. The minimum absolute atomic E-state index is 0.137. The summed E-state index contributed by atoms with van der Waals surface area (Å²) >= 11 is 1.74. The van der Waals surface area contributed by atoms with Gasteiger partial charge >= 0.3 is 0 Å². The quantitative estimate of drug-likeness (QED) is 0.189. The molecule has 0 aliphatic heterocycles. The van der Waals surface area contributed by atoms with E-state index < -0.39 is 0 Å². The van der Waals surface area contributed by atoms with Crippen molar-refractivity contribution < 1.29 is 4.42 Å². The summed E-state index contributed by atoms with van der Waals surface area (Å²) in [6, 6.07) is 41.8. The van der Waals surface area contributed by atoms with Gasteiger partial charge in [-0.05, 0) is 94.8 Å². The number of fused-ring (bicyclic) bond motifs is 11. The molecule has 11 rings (SSSR count). The van der Waals surface area contributed by atoms with Gasteiger partial charge in [0.15, 0.2) is 5.82 Å². The second-order valence-electron chi connectivity index (χ2n) is 13.9. The van der Waals surface area contributed by atoms with Crippen LogP contribution in [0.2, 0.25) is 0 Å². The third-order valence-electron chi connectivity index (χ3n) is 11.2. The second-order valence-corrected chi connectivity index (χ2v) is 14.9. The van der Waals surface area contributed by atoms with Gasteiger partial charge < -0.3 is 4.42 Å². The van der Waals surface area contributed by atoms with E-state index in [-0.39, 0.29) is 5.41 Å². The first-order chi connectivity index (χ1) is 24.7. The number of rotatable bonds is 3.